The number of ether oxygens (including phenoxy) is 1. The summed E-state index contributed by atoms with van der Waals surface area (Å²) in [7, 11) is 0. The van der Waals surface area contributed by atoms with Crippen molar-refractivity contribution in [2.45, 2.75) is 12.8 Å². The molecule has 0 saturated carbocycles. The number of hydrogen-bond acceptors (Lipinski definition) is 2. The summed E-state index contributed by atoms with van der Waals surface area (Å²) in [6.07, 6.45) is 3.42. The molecule has 0 radical (unpaired) electrons. The highest BCUT2D eigenvalue weighted by molar-refractivity contribution is 6.17. The van der Waals surface area contributed by atoms with E-state index in [1.165, 1.54) is 0 Å². The van der Waals surface area contributed by atoms with Crippen molar-refractivity contribution in [2.75, 3.05) is 6.61 Å². The SMILES string of the molecule is CCOc1ccncc1CCl. The summed E-state index contributed by atoms with van der Waals surface area (Å²) in [5.41, 5.74) is 0.941. The van der Waals surface area contributed by atoms with E-state index in [1.54, 1.807) is 12.4 Å². The van der Waals surface area contributed by atoms with Crippen LogP contribution >= 0.6 is 11.6 Å². The Morgan fingerprint density at radius 2 is 2.45 bits per heavy atom. The van der Waals surface area contributed by atoms with Gasteiger partial charge in [0.1, 0.15) is 5.75 Å². The van der Waals surface area contributed by atoms with Crippen LogP contribution in [0.25, 0.3) is 0 Å². The van der Waals surface area contributed by atoms with Gasteiger partial charge in [-0.15, -0.1) is 11.6 Å². The Labute approximate surface area is 71.2 Å². The molecule has 3 heteroatoms. The molecule has 0 spiro atoms. The molecule has 0 aliphatic rings. The molecule has 1 rings (SSSR count). The fraction of sp³-hybridized carbons (Fsp3) is 0.375. The minimum absolute atomic E-state index is 0.448. The molecule has 0 atom stereocenters. The second-order valence-corrected chi connectivity index (χ2v) is 2.32. The van der Waals surface area contributed by atoms with Crippen molar-refractivity contribution < 1.29 is 4.74 Å². The minimum Gasteiger partial charge on any atom is -0.493 e. The molecule has 0 saturated heterocycles. The Kier molecular flexibility index (Phi) is 3.17. The number of aromatic nitrogens is 1. The van der Waals surface area contributed by atoms with Gasteiger partial charge >= 0.3 is 0 Å². The highest BCUT2D eigenvalue weighted by atomic mass is 35.5. The molecule has 2 nitrogen and oxygen atoms in total. The van der Waals surface area contributed by atoms with E-state index >= 15 is 0 Å². The maximum Gasteiger partial charge on any atom is 0.126 e. The summed E-state index contributed by atoms with van der Waals surface area (Å²) >= 11 is 5.65. The lowest BCUT2D eigenvalue weighted by atomic mass is 10.3. The zero-order valence-electron chi connectivity index (χ0n) is 6.38. The van der Waals surface area contributed by atoms with Crippen LogP contribution in [0.15, 0.2) is 18.5 Å². The lowest BCUT2D eigenvalue weighted by Crippen LogP contribution is -1.95. The molecule has 0 unspecified atom stereocenters. The van der Waals surface area contributed by atoms with Gasteiger partial charge in [-0.25, -0.2) is 0 Å². The first-order chi connectivity index (χ1) is 5.38. The molecular weight excluding hydrogens is 162 g/mol. The van der Waals surface area contributed by atoms with Crippen molar-refractivity contribution >= 4 is 11.6 Å². The summed E-state index contributed by atoms with van der Waals surface area (Å²) in [6, 6.07) is 1.82. The van der Waals surface area contributed by atoms with Crippen LogP contribution in [0.1, 0.15) is 12.5 Å². The number of alkyl halides is 1. The lowest BCUT2D eigenvalue weighted by Gasteiger charge is -2.05. The number of nitrogens with zero attached hydrogens (tertiary/aromatic N) is 1. The topological polar surface area (TPSA) is 22.1 Å². The fourth-order valence-electron chi connectivity index (χ4n) is 0.811. The van der Waals surface area contributed by atoms with E-state index in [-0.39, 0.29) is 0 Å². The molecule has 0 bridgehead atoms. The number of halogens is 1. The van der Waals surface area contributed by atoms with E-state index in [2.05, 4.69) is 4.98 Å². The van der Waals surface area contributed by atoms with E-state index in [0.29, 0.717) is 12.5 Å². The van der Waals surface area contributed by atoms with Gasteiger partial charge in [0.2, 0.25) is 0 Å². The molecular formula is C8H10ClNO. The first kappa shape index (κ1) is 8.34. The summed E-state index contributed by atoms with van der Waals surface area (Å²) in [6.45, 7) is 2.60. The Bertz CT molecular complexity index is 227. The fourth-order valence-corrected chi connectivity index (χ4v) is 1.01. The van der Waals surface area contributed by atoms with Crippen LogP contribution in [0.5, 0.6) is 5.75 Å². The maximum atomic E-state index is 5.65. The Morgan fingerprint density at radius 3 is 3.09 bits per heavy atom. The molecule has 0 fully saturated rings. The summed E-state index contributed by atoms with van der Waals surface area (Å²) in [5.74, 6) is 1.28. The molecule has 0 aliphatic carbocycles. The van der Waals surface area contributed by atoms with Crippen LogP contribution < -0.4 is 4.74 Å². The first-order valence-electron chi connectivity index (χ1n) is 3.50. The van der Waals surface area contributed by atoms with Gasteiger partial charge in [-0.2, -0.15) is 0 Å². The van der Waals surface area contributed by atoms with Gasteiger partial charge < -0.3 is 4.74 Å². The van der Waals surface area contributed by atoms with Gasteiger partial charge in [-0.05, 0) is 13.0 Å². The van der Waals surface area contributed by atoms with Crippen molar-refractivity contribution in [1.82, 2.24) is 4.98 Å². The van der Waals surface area contributed by atoms with Gasteiger partial charge in [-0.1, -0.05) is 0 Å². The monoisotopic (exact) mass is 171 g/mol. The van der Waals surface area contributed by atoms with Crippen molar-refractivity contribution in [3.05, 3.63) is 24.0 Å². The molecule has 0 aliphatic heterocycles. The van der Waals surface area contributed by atoms with Crippen molar-refractivity contribution in [3.63, 3.8) is 0 Å². The van der Waals surface area contributed by atoms with Crippen LogP contribution in [0.4, 0.5) is 0 Å². The van der Waals surface area contributed by atoms with Crippen LogP contribution in [0.3, 0.4) is 0 Å². The average Bonchev–Trinajstić information content (AvgIpc) is 2.06. The molecule has 0 aromatic carbocycles. The average molecular weight is 172 g/mol. The van der Waals surface area contributed by atoms with E-state index in [4.69, 9.17) is 16.3 Å². The van der Waals surface area contributed by atoms with Gasteiger partial charge in [0.25, 0.3) is 0 Å². The highest BCUT2D eigenvalue weighted by Crippen LogP contribution is 2.17. The van der Waals surface area contributed by atoms with Crippen LogP contribution in [-0.2, 0) is 5.88 Å². The van der Waals surface area contributed by atoms with Crippen molar-refractivity contribution in [1.29, 1.82) is 0 Å². The summed E-state index contributed by atoms with van der Waals surface area (Å²) in [4.78, 5) is 3.93. The number of rotatable bonds is 3. The van der Waals surface area contributed by atoms with Crippen LogP contribution in [0, 0.1) is 0 Å². The van der Waals surface area contributed by atoms with E-state index in [0.717, 1.165) is 11.3 Å². The van der Waals surface area contributed by atoms with Gasteiger partial charge in [0, 0.05) is 18.0 Å². The van der Waals surface area contributed by atoms with Gasteiger partial charge in [-0.3, -0.25) is 4.98 Å². The molecule has 11 heavy (non-hydrogen) atoms. The third kappa shape index (κ3) is 2.09. The lowest BCUT2D eigenvalue weighted by molar-refractivity contribution is 0.337. The van der Waals surface area contributed by atoms with E-state index in [1.807, 2.05) is 13.0 Å². The molecule has 0 N–H and O–H groups in total. The van der Waals surface area contributed by atoms with E-state index in [9.17, 15) is 0 Å². The Hall–Kier alpha value is -0.760. The molecule has 1 aromatic heterocycles. The standard InChI is InChI=1S/C8H10ClNO/c1-2-11-8-3-4-10-6-7(8)5-9/h3-4,6H,2,5H2,1H3. The Morgan fingerprint density at radius 1 is 1.64 bits per heavy atom. The third-order valence-electron chi connectivity index (χ3n) is 1.30. The van der Waals surface area contributed by atoms with Crippen molar-refractivity contribution in [3.8, 4) is 5.75 Å². The number of hydrogen-bond donors (Lipinski definition) is 0. The highest BCUT2D eigenvalue weighted by Gasteiger charge is 1.99. The molecule has 60 valence electrons. The predicted octanol–water partition coefficient (Wildman–Crippen LogP) is 2.22. The second kappa shape index (κ2) is 4.19. The summed E-state index contributed by atoms with van der Waals surface area (Å²) < 4.78 is 5.30. The first-order valence-corrected chi connectivity index (χ1v) is 4.03. The quantitative estimate of drug-likeness (QED) is 0.651. The van der Waals surface area contributed by atoms with Crippen LogP contribution in [0.2, 0.25) is 0 Å². The summed E-state index contributed by atoms with van der Waals surface area (Å²) in [5, 5.41) is 0. The largest absolute Gasteiger partial charge is 0.493 e. The molecule has 1 aromatic rings. The molecule has 0 amide bonds. The second-order valence-electron chi connectivity index (χ2n) is 2.05. The smallest absolute Gasteiger partial charge is 0.126 e. The van der Waals surface area contributed by atoms with Crippen LogP contribution in [-0.4, -0.2) is 11.6 Å². The normalized spacial score (nSPS) is 9.64. The van der Waals surface area contributed by atoms with Gasteiger partial charge in [0.15, 0.2) is 0 Å². The predicted molar refractivity (Wildman–Crippen MR) is 45.0 cm³/mol. The zero-order valence-corrected chi connectivity index (χ0v) is 7.14. The maximum absolute atomic E-state index is 5.65. The third-order valence-corrected chi connectivity index (χ3v) is 1.59. The van der Waals surface area contributed by atoms with E-state index < -0.39 is 0 Å². The van der Waals surface area contributed by atoms with Crippen molar-refractivity contribution in [2.24, 2.45) is 0 Å². The van der Waals surface area contributed by atoms with Gasteiger partial charge in [0.05, 0.1) is 12.5 Å². The molecule has 1 heterocycles. The number of pyridine rings is 1. The Balaban J connectivity index is 2.83. The zero-order chi connectivity index (χ0) is 8.10. The minimum atomic E-state index is 0.448.